The molecule has 6 nitrogen and oxygen atoms in total. The molecule has 1 fully saturated rings. The topological polar surface area (TPSA) is 94.9 Å². The first kappa shape index (κ1) is 22.0. The van der Waals surface area contributed by atoms with E-state index in [4.69, 9.17) is 0 Å². The van der Waals surface area contributed by atoms with Gasteiger partial charge in [-0.1, -0.05) is 62.2 Å². The number of aliphatic hydroxyl groups is 1. The molecule has 160 valence electrons. The van der Waals surface area contributed by atoms with Gasteiger partial charge in [-0.25, -0.2) is 4.79 Å². The second-order valence-corrected chi connectivity index (χ2v) is 8.91. The van der Waals surface area contributed by atoms with Crippen molar-refractivity contribution in [3.8, 4) is 0 Å². The zero-order valence-electron chi connectivity index (χ0n) is 16.3. The fourth-order valence-electron chi connectivity index (χ4n) is 3.61. The monoisotopic (exact) mass is 555 g/mol. The van der Waals surface area contributed by atoms with Crippen molar-refractivity contribution < 1.29 is 24.6 Å². The van der Waals surface area contributed by atoms with Crippen LogP contribution in [0.1, 0.15) is 27.5 Å². The number of carboxylic acid groups (broad SMARTS) is 1. The van der Waals surface area contributed by atoms with Gasteiger partial charge in [0, 0.05) is 20.2 Å². The largest absolute Gasteiger partial charge is 0.507 e. The van der Waals surface area contributed by atoms with Crippen LogP contribution >= 0.6 is 31.9 Å². The summed E-state index contributed by atoms with van der Waals surface area (Å²) >= 11 is 6.71. The molecule has 0 spiro atoms. The maximum Gasteiger partial charge on any atom is 0.335 e. The smallest absolute Gasteiger partial charge is 0.335 e. The van der Waals surface area contributed by atoms with Gasteiger partial charge in [0.15, 0.2) is 0 Å². The average molecular weight is 557 g/mol. The second kappa shape index (κ2) is 8.72. The van der Waals surface area contributed by atoms with E-state index in [2.05, 4.69) is 31.9 Å². The third kappa shape index (κ3) is 3.99. The Morgan fingerprint density at radius 3 is 2.00 bits per heavy atom. The molecule has 1 heterocycles. The van der Waals surface area contributed by atoms with Crippen molar-refractivity contribution in [3.63, 3.8) is 0 Å². The summed E-state index contributed by atoms with van der Waals surface area (Å²) in [6.45, 7) is 0. The van der Waals surface area contributed by atoms with E-state index in [0.717, 1.165) is 8.95 Å². The van der Waals surface area contributed by atoms with E-state index in [9.17, 15) is 24.6 Å². The highest BCUT2D eigenvalue weighted by Gasteiger charge is 2.47. The van der Waals surface area contributed by atoms with Gasteiger partial charge in [0.05, 0.1) is 17.2 Å². The summed E-state index contributed by atoms with van der Waals surface area (Å²) in [5.74, 6) is -3.16. The van der Waals surface area contributed by atoms with Crippen LogP contribution in [0.4, 0.5) is 5.69 Å². The number of Topliss-reactive ketones (excluding diaryl/α,β-unsaturated/α-hetero) is 1. The molecular weight excluding hydrogens is 542 g/mol. The van der Waals surface area contributed by atoms with Crippen molar-refractivity contribution in [2.75, 3.05) is 4.90 Å². The van der Waals surface area contributed by atoms with Crippen LogP contribution in [0.2, 0.25) is 0 Å². The number of benzene rings is 3. The Balaban J connectivity index is 1.94. The van der Waals surface area contributed by atoms with Gasteiger partial charge in [0.25, 0.3) is 11.7 Å². The maximum atomic E-state index is 13.1. The minimum absolute atomic E-state index is 0.0214. The number of halogens is 2. The lowest BCUT2D eigenvalue weighted by molar-refractivity contribution is -0.132. The molecular formula is C24H15Br2NO5. The first-order valence-electron chi connectivity index (χ1n) is 9.43. The molecule has 1 amide bonds. The number of nitrogens with zero attached hydrogens (tertiary/aromatic N) is 1. The molecule has 4 rings (SSSR count). The Morgan fingerprint density at radius 1 is 0.812 bits per heavy atom. The molecule has 2 N–H and O–H groups in total. The highest BCUT2D eigenvalue weighted by atomic mass is 79.9. The molecule has 8 heteroatoms. The molecule has 0 unspecified atom stereocenters. The van der Waals surface area contributed by atoms with Crippen LogP contribution in [0.25, 0.3) is 5.76 Å². The number of carbonyl (C=O) groups excluding carboxylic acids is 2. The summed E-state index contributed by atoms with van der Waals surface area (Å²) in [4.78, 5) is 38.9. The van der Waals surface area contributed by atoms with Crippen LogP contribution in [0.15, 0.2) is 87.3 Å². The van der Waals surface area contributed by atoms with Gasteiger partial charge < -0.3 is 10.2 Å². The highest BCUT2D eigenvalue weighted by molar-refractivity contribution is 9.10. The summed E-state index contributed by atoms with van der Waals surface area (Å²) in [5.41, 5.74) is 1.13. The third-order valence-electron chi connectivity index (χ3n) is 5.12. The number of carbonyl (C=O) groups is 3. The summed E-state index contributed by atoms with van der Waals surface area (Å²) in [7, 11) is 0. The predicted molar refractivity (Wildman–Crippen MR) is 126 cm³/mol. The number of ketones is 1. The van der Waals surface area contributed by atoms with Crippen LogP contribution in [0.3, 0.4) is 0 Å². The van der Waals surface area contributed by atoms with Crippen molar-refractivity contribution in [2.45, 2.75) is 6.04 Å². The molecule has 1 aliphatic rings. The van der Waals surface area contributed by atoms with Crippen LogP contribution in [-0.4, -0.2) is 27.9 Å². The van der Waals surface area contributed by atoms with Gasteiger partial charge in [-0.05, 0) is 48.0 Å². The van der Waals surface area contributed by atoms with Gasteiger partial charge in [0.2, 0.25) is 0 Å². The number of carboxylic acids is 1. The average Bonchev–Trinajstić information content (AvgIpc) is 3.05. The Labute approximate surface area is 200 Å². The second-order valence-electron chi connectivity index (χ2n) is 7.08. The predicted octanol–water partition coefficient (Wildman–Crippen LogP) is 5.54. The Morgan fingerprint density at radius 2 is 1.41 bits per heavy atom. The summed E-state index contributed by atoms with van der Waals surface area (Å²) in [6, 6.07) is 18.6. The summed E-state index contributed by atoms with van der Waals surface area (Å²) in [5, 5.41) is 20.4. The van der Waals surface area contributed by atoms with E-state index in [1.54, 1.807) is 54.6 Å². The number of hydrogen-bond acceptors (Lipinski definition) is 4. The molecule has 3 aromatic rings. The van der Waals surface area contributed by atoms with Crippen LogP contribution in [0, 0.1) is 0 Å². The normalized spacial score (nSPS) is 17.6. The Kier molecular flexibility index (Phi) is 5.99. The summed E-state index contributed by atoms with van der Waals surface area (Å²) < 4.78 is 1.60. The van der Waals surface area contributed by atoms with E-state index in [1.807, 2.05) is 0 Å². The number of rotatable bonds is 4. The first-order chi connectivity index (χ1) is 15.3. The molecule has 32 heavy (non-hydrogen) atoms. The number of anilines is 1. The lowest BCUT2D eigenvalue weighted by Crippen LogP contribution is -2.29. The van der Waals surface area contributed by atoms with E-state index in [-0.39, 0.29) is 22.6 Å². The minimum atomic E-state index is -1.15. The summed E-state index contributed by atoms with van der Waals surface area (Å²) in [6.07, 6.45) is 0. The maximum absolute atomic E-state index is 13.1. The number of aliphatic hydroxyl groups excluding tert-OH is 1. The van der Waals surface area contributed by atoms with Gasteiger partial charge in [-0.2, -0.15) is 0 Å². The third-order valence-corrected chi connectivity index (χ3v) is 6.18. The van der Waals surface area contributed by atoms with Gasteiger partial charge >= 0.3 is 5.97 Å². The van der Waals surface area contributed by atoms with Crippen LogP contribution in [0.5, 0.6) is 0 Å². The van der Waals surface area contributed by atoms with Crippen molar-refractivity contribution in [2.24, 2.45) is 0 Å². The zero-order valence-corrected chi connectivity index (χ0v) is 19.5. The molecule has 3 aromatic carbocycles. The molecule has 0 aromatic heterocycles. The lowest BCUT2D eigenvalue weighted by atomic mass is 9.95. The minimum Gasteiger partial charge on any atom is -0.507 e. The molecule has 0 radical (unpaired) electrons. The van der Waals surface area contributed by atoms with Crippen LogP contribution < -0.4 is 4.90 Å². The van der Waals surface area contributed by atoms with E-state index in [0.29, 0.717) is 11.1 Å². The van der Waals surface area contributed by atoms with Gasteiger partial charge in [-0.3, -0.25) is 14.5 Å². The standard InChI is InChI=1S/C24H15Br2NO5/c25-16-8-4-13(5-9-16)20-19(21(28)14-6-10-17(26)11-7-14)22(29)23(30)27(20)18-3-1-2-15(12-18)24(31)32/h1-12,20,28H,(H,31,32)/t20-/m0/s1. The van der Waals surface area contributed by atoms with Crippen LogP contribution in [-0.2, 0) is 9.59 Å². The SMILES string of the molecule is O=C1C(=O)N(c2cccc(C(=O)O)c2)[C@@H](c2ccc(Br)cc2)C1=C(O)c1ccc(Br)cc1. The van der Waals surface area contributed by atoms with Gasteiger partial charge in [-0.15, -0.1) is 0 Å². The number of hydrogen-bond donors (Lipinski definition) is 2. The zero-order chi connectivity index (χ0) is 23.0. The fourth-order valence-corrected chi connectivity index (χ4v) is 4.14. The molecule has 1 atom stereocenters. The van der Waals surface area contributed by atoms with E-state index >= 15 is 0 Å². The van der Waals surface area contributed by atoms with Gasteiger partial charge in [0.1, 0.15) is 5.76 Å². The first-order valence-corrected chi connectivity index (χ1v) is 11.0. The van der Waals surface area contributed by atoms with Crippen molar-refractivity contribution in [1.29, 1.82) is 0 Å². The number of amides is 1. The van der Waals surface area contributed by atoms with Crippen molar-refractivity contribution in [3.05, 3.63) is 104 Å². The van der Waals surface area contributed by atoms with E-state index < -0.39 is 23.7 Å². The lowest BCUT2D eigenvalue weighted by Gasteiger charge is -2.25. The Hall–Kier alpha value is -3.23. The quantitative estimate of drug-likeness (QED) is 0.250. The van der Waals surface area contributed by atoms with Crippen molar-refractivity contribution in [1.82, 2.24) is 0 Å². The Bertz CT molecular complexity index is 1270. The van der Waals surface area contributed by atoms with E-state index in [1.165, 1.54) is 23.1 Å². The number of aromatic carboxylic acids is 1. The molecule has 0 saturated carbocycles. The van der Waals surface area contributed by atoms with Crippen molar-refractivity contribution >= 4 is 61.0 Å². The fraction of sp³-hybridized carbons (Fsp3) is 0.0417. The highest BCUT2D eigenvalue weighted by Crippen LogP contribution is 2.42. The molecule has 0 aliphatic carbocycles. The molecule has 1 aliphatic heterocycles. The molecule has 1 saturated heterocycles. The molecule has 0 bridgehead atoms.